The maximum atomic E-state index is 8.69. The van der Waals surface area contributed by atoms with Crippen LogP contribution in [0, 0.1) is 0 Å². The van der Waals surface area contributed by atoms with Crippen molar-refractivity contribution in [2.75, 3.05) is 0 Å². The topological polar surface area (TPSA) is 81.0 Å². The predicted molar refractivity (Wildman–Crippen MR) is 73.8 cm³/mol. The lowest BCUT2D eigenvalue weighted by atomic mass is 10.1. The van der Waals surface area contributed by atoms with Crippen LogP contribution in [0.3, 0.4) is 0 Å². The molecule has 3 N–H and O–H groups in total. The van der Waals surface area contributed by atoms with Crippen molar-refractivity contribution < 1.29 is 14.4 Å². The summed E-state index contributed by atoms with van der Waals surface area (Å²) < 4.78 is 11.6. The molecule has 102 valence electrons. The zero-order valence-electron chi connectivity index (χ0n) is 11.3. The van der Waals surface area contributed by atoms with E-state index in [9.17, 15) is 0 Å². The van der Waals surface area contributed by atoms with Gasteiger partial charge in [-0.15, -0.1) is 0 Å². The third-order valence-corrected chi connectivity index (χ3v) is 2.93. The van der Waals surface area contributed by atoms with Gasteiger partial charge >= 0.3 is 0 Å². The standard InChI is InChI=1S/C14H18N2O3/c1-8(2)12-13(18-9(3)14(15)16-17)10-6-4-5-7-11(10)19-12/h4-9,17H,1-3H3,(H2,15,16). The van der Waals surface area contributed by atoms with Crippen LogP contribution in [0.15, 0.2) is 33.8 Å². The van der Waals surface area contributed by atoms with Gasteiger partial charge in [-0.1, -0.05) is 31.1 Å². The number of rotatable bonds is 4. The van der Waals surface area contributed by atoms with Crippen molar-refractivity contribution in [1.29, 1.82) is 0 Å². The number of benzene rings is 1. The number of hydrogen-bond donors (Lipinski definition) is 2. The first-order valence-electron chi connectivity index (χ1n) is 6.20. The van der Waals surface area contributed by atoms with Gasteiger partial charge in [-0.3, -0.25) is 0 Å². The van der Waals surface area contributed by atoms with E-state index >= 15 is 0 Å². The van der Waals surface area contributed by atoms with E-state index in [0.717, 1.165) is 16.7 Å². The minimum absolute atomic E-state index is 0.0278. The van der Waals surface area contributed by atoms with Crippen molar-refractivity contribution in [3.05, 3.63) is 30.0 Å². The fraction of sp³-hybridized carbons (Fsp3) is 0.357. The highest BCUT2D eigenvalue weighted by Crippen LogP contribution is 2.37. The highest BCUT2D eigenvalue weighted by Gasteiger charge is 2.21. The summed E-state index contributed by atoms with van der Waals surface area (Å²) >= 11 is 0. The molecule has 0 amide bonds. The van der Waals surface area contributed by atoms with Crippen molar-refractivity contribution in [3.63, 3.8) is 0 Å². The Morgan fingerprint density at radius 1 is 1.32 bits per heavy atom. The van der Waals surface area contributed by atoms with Crippen LogP contribution in [-0.4, -0.2) is 17.1 Å². The fourth-order valence-corrected chi connectivity index (χ4v) is 1.86. The molecule has 0 aliphatic rings. The number of furan rings is 1. The molecule has 1 aromatic carbocycles. The Labute approximate surface area is 111 Å². The predicted octanol–water partition coefficient (Wildman–Crippen LogP) is 3.07. The largest absolute Gasteiger partial charge is 0.478 e. The molecule has 5 nitrogen and oxygen atoms in total. The Balaban J connectivity index is 2.48. The number of para-hydroxylation sites is 1. The minimum atomic E-state index is -0.525. The monoisotopic (exact) mass is 262 g/mol. The van der Waals surface area contributed by atoms with E-state index in [4.69, 9.17) is 20.1 Å². The average molecular weight is 262 g/mol. The second-order valence-corrected chi connectivity index (χ2v) is 4.73. The number of oxime groups is 1. The summed E-state index contributed by atoms with van der Waals surface area (Å²) in [5.41, 5.74) is 6.32. The number of fused-ring (bicyclic) bond motifs is 1. The molecule has 5 heteroatoms. The maximum Gasteiger partial charge on any atom is 0.180 e. The molecule has 2 aromatic rings. The van der Waals surface area contributed by atoms with Gasteiger partial charge in [0.05, 0.1) is 5.39 Å². The highest BCUT2D eigenvalue weighted by molar-refractivity contribution is 5.88. The van der Waals surface area contributed by atoms with Crippen LogP contribution in [0.5, 0.6) is 5.75 Å². The lowest BCUT2D eigenvalue weighted by Crippen LogP contribution is -2.31. The van der Waals surface area contributed by atoms with Crippen molar-refractivity contribution in [2.45, 2.75) is 32.8 Å². The summed E-state index contributed by atoms with van der Waals surface area (Å²) in [6.07, 6.45) is -0.525. The molecule has 0 bridgehead atoms. The molecule has 0 aliphatic carbocycles. The molecule has 0 saturated heterocycles. The summed E-state index contributed by atoms with van der Waals surface area (Å²) in [5, 5.41) is 12.5. The lowest BCUT2D eigenvalue weighted by Gasteiger charge is -2.14. The summed E-state index contributed by atoms with van der Waals surface area (Å²) in [4.78, 5) is 0. The fourth-order valence-electron chi connectivity index (χ4n) is 1.86. The van der Waals surface area contributed by atoms with Gasteiger partial charge in [-0.2, -0.15) is 0 Å². The van der Waals surface area contributed by atoms with E-state index in [1.807, 2.05) is 38.1 Å². The number of hydrogen-bond acceptors (Lipinski definition) is 4. The zero-order valence-corrected chi connectivity index (χ0v) is 11.3. The van der Waals surface area contributed by atoms with E-state index < -0.39 is 6.10 Å². The van der Waals surface area contributed by atoms with Gasteiger partial charge in [0.25, 0.3) is 0 Å². The quantitative estimate of drug-likeness (QED) is 0.384. The van der Waals surface area contributed by atoms with Crippen molar-refractivity contribution in [1.82, 2.24) is 0 Å². The summed E-state index contributed by atoms with van der Waals surface area (Å²) in [6, 6.07) is 7.65. The molecule has 1 heterocycles. The number of nitrogens with zero attached hydrogens (tertiary/aromatic N) is 1. The van der Waals surface area contributed by atoms with E-state index in [0.29, 0.717) is 5.75 Å². The first kappa shape index (κ1) is 13.3. The van der Waals surface area contributed by atoms with E-state index in [1.54, 1.807) is 6.92 Å². The molecular weight excluding hydrogens is 244 g/mol. The molecule has 1 atom stereocenters. The smallest absolute Gasteiger partial charge is 0.180 e. The Morgan fingerprint density at radius 2 is 2.00 bits per heavy atom. The van der Waals surface area contributed by atoms with Crippen LogP contribution >= 0.6 is 0 Å². The van der Waals surface area contributed by atoms with Gasteiger partial charge in [-0.25, -0.2) is 0 Å². The van der Waals surface area contributed by atoms with Gasteiger partial charge in [0.2, 0.25) is 0 Å². The third-order valence-electron chi connectivity index (χ3n) is 2.93. The maximum absolute atomic E-state index is 8.69. The molecule has 0 fully saturated rings. The Morgan fingerprint density at radius 3 is 2.63 bits per heavy atom. The molecule has 0 spiro atoms. The Hall–Kier alpha value is -2.17. The molecule has 0 saturated carbocycles. The van der Waals surface area contributed by atoms with Crippen LogP contribution in [0.4, 0.5) is 0 Å². The summed E-state index contributed by atoms with van der Waals surface area (Å²) in [6.45, 7) is 5.78. The first-order valence-corrected chi connectivity index (χ1v) is 6.20. The van der Waals surface area contributed by atoms with Crippen LogP contribution in [0.1, 0.15) is 32.4 Å². The molecule has 19 heavy (non-hydrogen) atoms. The van der Waals surface area contributed by atoms with Gasteiger partial charge in [-0.05, 0) is 19.1 Å². The summed E-state index contributed by atoms with van der Waals surface area (Å²) in [5.74, 6) is 1.63. The first-order chi connectivity index (χ1) is 9.04. The number of nitrogens with two attached hydrogens (primary N) is 1. The van der Waals surface area contributed by atoms with Gasteiger partial charge in [0.15, 0.2) is 17.7 Å². The van der Waals surface area contributed by atoms with E-state index in [1.165, 1.54) is 0 Å². The normalized spacial score (nSPS) is 14.0. The SMILES string of the molecule is CC(Oc1c(C(C)C)oc2ccccc12)C(N)=NO. The van der Waals surface area contributed by atoms with Crippen molar-refractivity contribution >= 4 is 16.8 Å². The Kier molecular flexibility index (Phi) is 3.64. The highest BCUT2D eigenvalue weighted by atomic mass is 16.5. The number of amidine groups is 1. The molecule has 1 aromatic heterocycles. The van der Waals surface area contributed by atoms with Gasteiger partial charge in [0, 0.05) is 5.92 Å². The van der Waals surface area contributed by atoms with Crippen molar-refractivity contribution in [3.8, 4) is 5.75 Å². The minimum Gasteiger partial charge on any atom is -0.478 e. The van der Waals surface area contributed by atoms with Crippen LogP contribution in [-0.2, 0) is 0 Å². The van der Waals surface area contributed by atoms with Crippen LogP contribution < -0.4 is 10.5 Å². The Bertz CT molecular complexity index is 602. The van der Waals surface area contributed by atoms with Crippen LogP contribution in [0.25, 0.3) is 11.0 Å². The lowest BCUT2D eigenvalue weighted by molar-refractivity contribution is 0.260. The molecule has 0 radical (unpaired) electrons. The van der Waals surface area contributed by atoms with Crippen LogP contribution in [0.2, 0.25) is 0 Å². The molecule has 2 rings (SSSR count). The molecule has 1 unspecified atom stereocenters. The van der Waals surface area contributed by atoms with E-state index in [-0.39, 0.29) is 11.8 Å². The van der Waals surface area contributed by atoms with Gasteiger partial charge < -0.3 is 20.1 Å². The summed E-state index contributed by atoms with van der Waals surface area (Å²) in [7, 11) is 0. The second-order valence-electron chi connectivity index (χ2n) is 4.73. The molecule has 0 aliphatic heterocycles. The van der Waals surface area contributed by atoms with Crippen molar-refractivity contribution in [2.24, 2.45) is 10.9 Å². The second kappa shape index (κ2) is 5.22. The average Bonchev–Trinajstić information content (AvgIpc) is 2.77. The third kappa shape index (κ3) is 2.50. The van der Waals surface area contributed by atoms with Gasteiger partial charge in [0.1, 0.15) is 11.3 Å². The molecular formula is C14H18N2O3. The van der Waals surface area contributed by atoms with E-state index in [2.05, 4.69) is 5.16 Å². The zero-order chi connectivity index (χ0) is 14.0. The number of ether oxygens (including phenoxy) is 1.